The first-order chi connectivity index (χ1) is 8.49. The third kappa shape index (κ3) is 2.44. The van der Waals surface area contributed by atoms with Crippen LogP contribution < -0.4 is 11.2 Å². The van der Waals surface area contributed by atoms with Crippen LogP contribution in [0.5, 0.6) is 0 Å². The van der Waals surface area contributed by atoms with Crippen molar-refractivity contribution < 1.29 is 24.3 Å². The minimum atomic E-state index is -1.12. The Bertz CT molecular complexity index is 386. The lowest BCUT2D eigenvalue weighted by Gasteiger charge is -2.17. The SMILES string of the molecule is N[C@@H](CCC(=O)N1C[C@@H]2C(=O)NO[C@@H]2C1)C(=O)O. The molecule has 2 heterocycles. The maximum atomic E-state index is 11.8. The van der Waals surface area contributed by atoms with Gasteiger partial charge >= 0.3 is 5.97 Å². The number of amides is 2. The van der Waals surface area contributed by atoms with Gasteiger partial charge in [0.1, 0.15) is 12.1 Å². The molecule has 2 rings (SSSR count). The van der Waals surface area contributed by atoms with Crippen molar-refractivity contribution in [3.8, 4) is 0 Å². The van der Waals surface area contributed by atoms with Crippen molar-refractivity contribution >= 4 is 17.8 Å². The Morgan fingerprint density at radius 3 is 2.89 bits per heavy atom. The highest BCUT2D eigenvalue weighted by atomic mass is 16.7. The van der Waals surface area contributed by atoms with E-state index >= 15 is 0 Å². The van der Waals surface area contributed by atoms with Crippen LogP contribution in [0.1, 0.15) is 12.8 Å². The van der Waals surface area contributed by atoms with Gasteiger partial charge in [-0.2, -0.15) is 0 Å². The van der Waals surface area contributed by atoms with Crippen LogP contribution in [-0.4, -0.2) is 53.0 Å². The molecule has 3 atom stereocenters. The van der Waals surface area contributed by atoms with E-state index in [4.69, 9.17) is 15.7 Å². The van der Waals surface area contributed by atoms with E-state index in [1.165, 1.54) is 4.90 Å². The number of likely N-dealkylation sites (tertiary alicyclic amines) is 1. The molecular formula is C10H15N3O5. The zero-order chi connectivity index (χ0) is 13.3. The second kappa shape index (κ2) is 4.91. The van der Waals surface area contributed by atoms with Crippen molar-refractivity contribution in [2.45, 2.75) is 25.0 Å². The predicted octanol–water partition coefficient (Wildman–Crippen LogP) is -1.93. The Morgan fingerprint density at radius 2 is 2.28 bits per heavy atom. The molecule has 0 unspecified atom stereocenters. The van der Waals surface area contributed by atoms with E-state index in [1.54, 1.807) is 0 Å². The van der Waals surface area contributed by atoms with E-state index in [9.17, 15) is 14.4 Å². The molecule has 8 nitrogen and oxygen atoms in total. The summed E-state index contributed by atoms with van der Waals surface area (Å²) in [5.41, 5.74) is 7.59. The summed E-state index contributed by atoms with van der Waals surface area (Å²) in [7, 11) is 0. The number of nitrogens with zero attached hydrogens (tertiary/aromatic N) is 1. The molecule has 8 heteroatoms. The predicted molar refractivity (Wildman–Crippen MR) is 57.9 cm³/mol. The third-order valence-corrected chi connectivity index (χ3v) is 3.25. The van der Waals surface area contributed by atoms with Crippen LogP contribution >= 0.6 is 0 Å². The van der Waals surface area contributed by atoms with Crippen molar-refractivity contribution in [2.24, 2.45) is 11.7 Å². The van der Waals surface area contributed by atoms with Crippen molar-refractivity contribution in [2.75, 3.05) is 13.1 Å². The monoisotopic (exact) mass is 257 g/mol. The highest BCUT2D eigenvalue weighted by molar-refractivity contribution is 5.83. The number of hydroxylamine groups is 1. The van der Waals surface area contributed by atoms with Crippen molar-refractivity contribution in [1.29, 1.82) is 0 Å². The molecule has 0 spiro atoms. The molecule has 18 heavy (non-hydrogen) atoms. The van der Waals surface area contributed by atoms with E-state index in [0.717, 1.165) is 0 Å². The maximum Gasteiger partial charge on any atom is 0.320 e. The zero-order valence-electron chi connectivity index (χ0n) is 9.67. The summed E-state index contributed by atoms with van der Waals surface area (Å²) in [6.45, 7) is 0.669. The van der Waals surface area contributed by atoms with E-state index in [2.05, 4.69) is 5.48 Å². The van der Waals surface area contributed by atoms with Gasteiger partial charge in [-0.25, -0.2) is 5.48 Å². The van der Waals surface area contributed by atoms with E-state index in [0.29, 0.717) is 13.1 Å². The molecule has 2 aliphatic rings. The van der Waals surface area contributed by atoms with Crippen molar-refractivity contribution in [3.05, 3.63) is 0 Å². The first kappa shape index (κ1) is 12.8. The van der Waals surface area contributed by atoms with Gasteiger partial charge in [-0.3, -0.25) is 19.2 Å². The summed E-state index contributed by atoms with van der Waals surface area (Å²) in [5.74, 6) is -1.85. The summed E-state index contributed by atoms with van der Waals surface area (Å²) < 4.78 is 0. The Balaban J connectivity index is 1.81. The number of rotatable bonds is 4. The molecule has 2 aliphatic heterocycles. The van der Waals surface area contributed by atoms with E-state index in [-0.39, 0.29) is 36.7 Å². The second-order valence-electron chi connectivity index (χ2n) is 4.51. The average Bonchev–Trinajstić information content (AvgIpc) is 2.88. The molecule has 2 fully saturated rings. The van der Waals surface area contributed by atoms with Crippen LogP contribution in [0.3, 0.4) is 0 Å². The molecular weight excluding hydrogens is 242 g/mol. The Kier molecular flexibility index (Phi) is 3.48. The number of hydrogen-bond acceptors (Lipinski definition) is 5. The molecule has 2 saturated heterocycles. The number of nitrogens with two attached hydrogens (primary N) is 1. The Labute approximate surface area is 103 Å². The number of carboxylic acids is 1. The summed E-state index contributed by atoms with van der Waals surface area (Å²) in [6, 6.07) is -1.03. The summed E-state index contributed by atoms with van der Waals surface area (Å²) in [5, 5.41) is 8.60. The van der Waals surface area contributed by atoms with Crippen LogP contribution in [0, 0.1) is 5.92 Å². The first-order valence-corrected chi connectivity index (χ1v) is 5.70. The lowest BCUT2D eigenvalue weighted by atomic mass is 10.1. The van der Waals surface area contributed by atoms with Crippen molar-refractivity contribution in [1.82, 2.24) is 10.4 Å². The zero-order valence-corrected chi connectivity index (χ0v) is 9.67. The molecule has 0 aromatic rings. The Hall–Kier alpha value is -1.67. The minimum Gasteiger partial charge on any atom is -0.480 e. The number of carbonyl (C=O) groups is 3. The van der Waals surface area contributed by atoms with Gasteiger partial charge in [0.15, 0.2) is 0 Å². The normalized spacial score (nSPS) is 27.8. The molecule has 0 aromatic heterocycles. The topological polar surface area (TPSA) is 122 Å². The third-order valence-electron chi connectivity index (χ3n) is 3.25. The standard InChI is InChI=1S/C10H15N3O5/c11-6(10(16)17)1-2-8(14)13-3-5-7(4-13)18-12-9(5)15/h5-7H,1-4,11H2,(H,12,15)(H,16,17)/t5-,6-,7+/m0/s1. The molecule has 0 aliphatic carbocycles. The first-order valence-electron chi connectivity index (χ1n) is 5.70. The quantitative estimate of drug-likeness (QED) is 0.539. The molecule has 0 bridgehead atoms. The van der Waals surface area contributed by atoms with Crippen molar-refractivity contribution in [3.63, 3.8) is 0 Å². The Morgan fingerprint density at radius 1 is 1.56 bits per heavy atom. The summed E-state index contributed by atoms with van der Waals surface area (Å²) in [6.07, 6.45) is -0.142. The fourth-order valence-electron chi connectivity index (χ4n) is 2.12. The van der Waals surface area contributed by atoms with Gasteiger partial charge in [-0.15, -0.1) is 0 Å². The van der Waals surface area contributed by atoms with Gasteiger partial charge in [0.2, 0.25) is 5.91 Å². The van der Waals surface area contributed by atoms with Crippen LogP contribution in [0.4, 0.5) is 0 Å². The van der Waals surface area contributed by atoms with Crippen LogP contribution in [0.2, 0.25) is 0 Å². The van der Waals surface area contributed by atoms with Gasteiger partial charge < -0.3 is 15.7 Å². The fraction of sp³-hybridized carbons (Fsp3) is 0.700. The second-order valence-corrected chi connectivity index (χ2v) is 4.51. The maximum absolute atomic E-state index is 11.8. The molecule has 0 saturated carbocycles. The van der Waals surface area contributed by atoms with Gasteiger partial charge in [-0.05, 0) is 6.42 Å². The number of nitrogens with one attached hydrogen (secondary N) is 1. The number of fused-ring (bicyclic) bond motifs is 1. The average molecular weight is 257 g/mol. The van der Waals surface area contributed by atoms with Crippen LogP contribution in [0.25, 0.3) is 0 Å². The molecule has 2 amide bonds. The lowest BCUT2D eigenvalue weighted by molar-refractivity contribution is -0.139. The highest BCUT2D eigenvalue weighted by Gasteiger charge is 2.45. The van der Waals surface area contributed by atoms with Gasteiger partial charge in [0, 0.05) is 13.0 Å². The van der Waals surface area contributed by atoms with E-state index in [1.807, 2.05) is 0 Å². The van der Waals surface area contributed by atoms with Gasteiger partial charge in [0.05, 0.1) is 12.5 Å². The molecule has 100 valence electrons. The van der Waals surface area contributed by atoms with Gasteiger partial charge in [0.25, 0.3) is 5.91 Å². The number of carboxylic acid groups (broad SMARTS) is 1. The minimum absolute atomic E-state index is 0.0640. The lowest BCUT2D eigenvalue weighted by Crippen LogP contribution is -2.36. The highest BCUT2D eigenvalue weighted by Crippen LogP contribution is 2.24. The fourth-order valence-corrected chi connectivity index (χ4v) is 2.12. The van der Waals surface area contributed by atoms with Crippen LogP contribution in [-0.2, 0) is 19.2 Å². The molecule has 0 radical (unpaired) electrons. The molecule has 0 aromatic carbocycles. The number of hydrogen-bond donors (Lipinski definition) is 3. The van der Waals surface area contributed by atoms with Crippen LogP contribution in [0.15, 0.2) is 0 Å². The number of carbonyl (C=O) groups excluding carboxylic acids is 2. The van der Waals surface area contributed by atoms with Gasteiger partial charge in [-0.1, -0.05) is 0 Å². The summed E-state index contributed by atoms with van der Waals surface area (Å²) >= 11 is 0. The molecule has 4 N–H and O–H groups in total. The smallest absolute Gasteiger partial charge is 0.320 e. The largest absolute Gasteiger partial charge is 0.480 e. The number of aliphatic carboxylic acids is 1. The summed E-state index contributed by atoms with van der Waals surface area (Å²) in [4.78, 5) is 40.2. The van der Waals surface area contributed by atoms with E-state index < -0.39 is 12.0 Å².